The summed E-state index contributed by atoms with van der Waals surface area (Å²) in [5, 5.41) is 3.23. The molecule has 2 N–H and O–H groups in total. The summed E-state index contributed by atoms with van der Waals surface area (Å²) in [6.07, 6.45) is 0.871. The molecule has 84 valence electrons. The van der Waals surface area contributed by atoms with E-state index in [4.69, 9.17) is 5.73 Å². The summed E-state index contributed by atoms with van der Waals surface area (Å²) < 4.78 is 0. The lowest BCUT2D eigenvalue weighted by Gasteiger charge is -2.02. The van der Waals surface area contributed by atoms with Gasteiger partial charge < -0.3 is 5.73 Å². The monoisotopic (exact) mass is 232 g/mol. The van der Waals surface area contributed by atoms with Crippen molar-refractivity contribution in [1.29, 1.82) is 0 Å². The van der Waals surface area contributed by atoms with Crippen LogP contribution in [0.3, 0.4) is 0 Å². The summed E-state index contributed by atoms with van der Waals surface area (Å²) in [6.45, 7) is 4.92. The summed E-state index contributed by atoms with van der Waals surface area (Å²) in [5.41, 5.74) is 10.4. The molecular weight excluding hydrogens is 216 g/mol. The molecule has 0 unspecified atom stereocenters. The van der Waals surface area contributed by atoms with Gasteiger partial charge in [-0.05, 0) is 37.6 Å². The Morgan fingerprint density at radius 2 is 2.06 bits per heavy atom. The van der Waals surface area contributed by atoms with Gasteiger partial charge in [0.25, 0.3) is 0 Å². The van der Waals surface area contributed by atoms with Crippen LogP contribution in [-0.2, 0) is 6.42 Å². The molecule has 0 aliphatic rings. The number of hydrogen-bond donors (Lipinski definition) is 1. The predicted octanol–water partition coefficient (Wildman–Crippen LogP) is 2.93. The zero-order chi connectivity index (χ0) is 11.5. The van der Waals surface area contributed by atoms with Gasteiger partial charge in [-0.25, -0.2) is 4.98 Å². The Kier molecular flexibility index (Phi) is 3.36. The van der Waals surface area contributed by atoms with Gasteiger partial charge in [0.05, 0.1) is 10.7 Å². The van der Waals surface area contributed by atoms with E-state index < -0.39 is 0 Å². The summed E-state index contributed by atoms with van der Waals surface area (Å²) in [7, 11) is 0. The quantitative estimate of drug-likeness (QED) is 0.883. The van der Waals surface area contributed by atoms with Crippen LogP contribution >= 0.6 is 11.3 Å². The highest BCUT2D eigenvalue weighted by Gasteiger charge is 2.04. The molecule has 0 saturated heterocycles. The molecule has 0 fully saturated rings. The molecule has 1 aromatic carbocycles. The van der Waals surface area contributed by atoms with Crippen LogP contribution in [-0.4, -0.2) is 11.5 Å². The Balaban J connectivity index is 2.31. The first-order valence-corrected chi connectivity index (χ1v) is 6.31. The van der Waals surface area contributed by atoms with Gasteiger partial charge in [-0.1, -0.05) is 12.1 Å². The molecule has 0 saturated carbocycles. The molecule has 3 heteroatoms. The lowest BCUT2D eigenvalue weighted by Crippen LogP contribution is -2.01. The van der Waals surface area contributed by atoms with Crippen molar-refractivity contribution in [2.75, 3.05) is 6.54 Å². The second-order valence-electron chi connectivity index (χ2n) is 3.96. The SMILES string of the molecule is Cc1ccc(-c2csc(CCN)n2)cc1C. The van der Waals surface area contributed by atoms with Crippen LogP contribution in [0, 0.1) is 13.8 Å². The first-order chi connectivity index (χ1) is 7.70. The molecule has 0 aliphatic heterocycles. The molecule has 1 aromatic heterocycles. The van der Waals surface area contributed by atoms with Gasteiger partial charge in [-0.2, -0.15) is 0 Å². The number of thiazole rings is 1. The molecule has 16 heavy (non-hydrogen) atoms. The minimum atomic E-state index is 0.667. The van der Waals surface area contributed by atoms with E-state index in [1.807, 2.05) is 0 Å². The molecule has 0 spiro atoms. The van der Waals surface area contributed by atoms with Gasteiger partial charge in [0.2, 0.25) is 0 Å². The fraction of sp³-hybridized carbons (Fsp3) is 0.308. The van der Waals surface area contributed by atoms with Gasteiger partial charge >= 0.3 is 0 Å². The smallest absolute Gasteiger partial charge is 0.0945 e. The molecule has 0 radical (unpaired) electrons. The van der Waals surface area contributed by atoms with Crippen molar-refractivity contribution in [3.63, 3.8) is 0 Å². The van der Waals surface area contributed by atoms with Gasteiger partial charge in [0.1, 0.15) is 0 Å². The van der Waals surface area contributed by atoms with Crippen LogP contribution < -0.4 is 5.73 Å². The van der Waals surface area contributed by atoms with E-state index in [-0.39, 0.29) is 0 Å². The van der Waals surface area contributed by atoms with E-state index in [2.05, 4.69) is 42.4 Å². The van der Waals surface area contributed by atoms with Gasteiger partial charge in [-0.15, -0.1) is 11.3 Å². The van der Waals surface area contributed by atoms with Gasteiger partial charge in [0.15, 0.2) is 0 Å². The minimum absolute atomic E-state index is 0.667. The third kappa shape index (κ3) is 2.31. The average molecular weight is 232 g/mol. The molecule has 1 heterocycles. The molecule has 0 bridgehead atoms. The maximum atomic E-state index is 5.52. The number of aromatic nitrogens is 1. The molecule has 0 atom stereocenters. The fourth-order valence-corrected chi connectivity index (χ4v) is 2.41. The highest BCUT2D eigenvalue weighted by molar-refractivity contribution is 7.09. The lowest BCUT2D eigenvalue weighted by atomic mass is 10.1. The minimum Gasteiger partial charge on any atom is -0.330 e. The molecule has 0 amide bonds. The molecule has 0 aliphatic carbocycles. The van der Waals surface area contributed by atoms with Crippen LogP contribution in [0.5, 0.6) is 0 Å². The maximum absolute atomic E-state index is 5.52. The zero-order valence-corrected chi connectivity index (χ0v) is 10.5. The van der Waals surface area contributed by atoms with Crippen molar-refractivity contribution in [1.82, 2.24) is 4.98 Å². The van der Waals surface area contributed by atoms with Gasteiger partial charge in [0, 0.05) is 17.4 Å². The van der Waals surface area contributed by atoms with Crippen molar-refractivity contribution >= 4 is 11.3 Å². The first-order valence-electron chi connectivity index (χ1n) is 5.43. The Morgan fingerprint density at radius 1 is 1.25 bits per heavy atom. The van der Waals surface area contributed by atoms with E-state index in [9.17, 15) is 0 Å². The van der Waals surface area contributed by atoms with Crippen molar-refractivity contribution in [3.05, 3.63) is 39.7 Å². The summed E-state index contributed by atoms with van der Waals surface area (Å²) >= 11 is 1.69. The molecule has 2 nitrogen and oxygen atoms in total. The Hall–Kier alpha value is -1.19. The maximum Gasteiger partial charge on any atom is 0.0945 e. The number of aryl methyl sites for hydroxylation is 2. The number of benzene rings is 1. The van der Waals surface area contributed by atoms with E-state index in [1.165, 1.54) is 16.7 Å². The summed E-state index contributed by atoms with van der Waals surface area (Å²) in [4.78, 5) is 4.58. The third-order valence-corrected chi connectivity index (χ3v) is 3.62. The largest absolute Gasteiger partial charge is 0.330 e. The van der Waals surface area contributed by atoms with Crippen LogP contribution in [0.2, 0.25) is 0 Å². The molecular formula is C13H16N2S. The fourth-order valence-electron chi connectivity index (χ4n) is 1.58. The number of hydrogen-bond acceptors (Lipinski definition) is 3. The van der Waals surface area contributed by atoms with Crippen molar-refractivity contribution < 1.29 is 0 Å². The van der Waals surface area contributed by atoms with Crippen molar-refractivity contribution in [3.8, 4) is 11.3 Å². The third-order valence-electron chi connectivity index (χ3n) is 2.71. The van der Waals surface area contributed by atoms with Crippen molar-refractivity contribution in [2.24, 2.45) is 5.73 Å². The second kappa shape index (κ2) is 4.76. The highest BCUT2D eigenvalue weighted by atomic mass is 32.1. The highest BCUT2D eigenvalue weighted by Crippen LogP contribution is 2.24. The first kappa shape index (κ1) is 11.3. The van der Waals surface area contributed by atoms with Gasteiger partial charge in [-0.3, -0.25) is 0 Å². The Bertz CT molecular complexity index is 488. The Labute approximate surface area is 100 Å². The topological polar surface area (TPSA) is 38.9 Å². The van der Waals surface area contributed by atoms with Crippen LogP contribution in [0.4, 0.5) is 0 Å². The second-order valence-corrected chi connectivity index (χ2v) is 4.91. The summed E-state index contributed by atoms with van der Waals surface area (Å²) in [6, 6.07) is 6.47. The standard InChI is InChI=1S/C13H16N2S/c1-9-3-4-11(7-10(9)2)12-8-16-13(15-12)5-6-14/h3-4,7-8H,5-6,14H2,1-2H3. The van der Waals surface area contributed by atoms with Crippen molar-refractivity contribution in [2.45, 2.75) is 20.3 Å². The normalized spacial score (nSPS) is 10.7. The molecule has 2 rings (SSSR count). The average Bonchev–Trinajstić information content (AvgIpc) is 2.71. The lowest BCUT2D eigenvalue weighted by molar-refractivity contribution is 0.954. The van der Waals surface area contributed by atoms with E-state index in [0.717, 1.165) is 17.1 Å². The van der Waals surface area contributed by atoms with Crippen LogP contribution in [0.15, 0.2) is 23.6 Å². The Morgan fingerprint density at radius 3 is 2.75 bits per heavy atom. The number of rotatable bonds is 3. The van der Waals surface area contributed by atoms with Crippen LogP contribution in [0.1, 0.15) is 16.1 Å². The van der Waals surface area contributed by atoms with E-state index >= 15 is 0 Å². The zero-order valence-electron chi connectivity index (χ0n) is 9.66. The predicted molar refractivity (Wildman–Crippen MR) is 69.8 cm³/mol. The van der Waals surface area contributed by atoms with E-state index in [0.29, 0.717) is 6.54 Å². The molecule has 2 aromatic rings. The van der Waals surface area contributed by atoms with Crippen LogP contribution in [0.25, 0.3) is 11.3 Å². The summed E-state index contributed by atoms with van der Waals surface area (Å²) in [5.74, 6) is 0. The number of nitrogens with two attached hydrogens (primary N) is 1. The van der Waals surface area contributed by atoms with E-state index in [1.54, 1.807) is 11.3 Å². The number of nitrogens with zero attached hydrogens (tertiary/aromatic N) is 1.